The Morgan fingerprint density at radius 2 is 1.93 bits per heavy atom. The van der Waals surface area contributed by atoms with Crippen molar-refractivity contribution in [1.82, 2.24) is 5.32 Å². The second-order valence-electron chi connectivity index (χ2n) is 5.05. The molecule has 1 N–H and O–H groups in total. The van der Waals surface area contributed by atoms with Crippen molar-refractivity contribution in [3.63, 3.8) is 0 Å². The first-order valence-electron chi connectivity index (χ1n) is 6.54. The van der Waals surface area contributed by atoms with Crippen LogP contribution in [0, 0.1) is 11.8 Å². The maximum absolute atomic E-state index is 6.00. The highest BCUT2D eigenvalue weighted by Gasteiger charge is 2.33. The maximum Gasteiger partial charge on any atom is 0.0753 e. The van der Waals surface area contributed by atoms with Crippen LogP contribution < -0.4 is 5.32 Å². The van der Waals surface area contributed by atoms with Gasteiger partial charge in [-0.15, -0.1) is 0 Å². The van der Waals surface area contributed by atoms with Crippen molar-refractivity contribution >= 4 is 0 Å². The van der Waals surface area contributed by atoms with Crippen molar-refractivity contribution in [2.24, 2.45) is 11.8 Å². The van der Waals surface area contributed by atoms with Crippen LogP contribution in [0.4, 0.5) is 0 Å². The van der Waals surface area contributed by atoms with Crippen molar-refractivity contribution in [3.05, 3.63) is 0 Å². The summed E-state index contributed by atoms with van der Waals surface area (Å²) in [4.78, 5) is 0. The molecular formula is C13H27NO. The van der Waals surface area contributed by atoms with Gasteiger partial charge in [0.2, 0.25) is 0 Å². The smallest absolute Gasteiger partial charge is 0.0753 e. The van der Waals surface area contributed by atoms with Gasteiger partial charge in [0.1, 0.15) is 0 Å². The van der Waals surface area contributed by atoms with Crippen LogP contribution in [0.15, 0.2) is 0 Å². The van der Waals surface area contributed by atoms with Gasteiger partial charge in [-0.25, -0.2) is 0 Å². The van der Waals surface area contributed by atoms with E-state index in [0.29, 0.717) is 18.1 Å². The fourth-order valence-corrected chi connectivity index (χ4v) is 2.83. The van der Waals surface area contributed by atoms with Crippen molar-refractivity contribution in [2.75, 3.05) is 13.2 Å². The third kappa shape index (κ3) is 3.76. The van der Waals surface area contributed by atoms with Gasteiger partial charge in [0.25, 0.3) is 0 Å². The van der Waals surface area contributed by atoms with Crippen molar-refractivity contribution in [3.8, 4) is 0 Å². The summed E-state index contributed by atoms with van der Waals surface area (Å²) in [5.41, 5.74) is 0. The molecule has 1 fully saturated rings. The quantitative estimate of drug-likeness (QED) is 0.758. The number of likely N-dealkylation sites (N-methyl/N-ethyl adjacent to an activating group) is 1. The molecule has 0 heterocycles. The molecule has 4 atom stereocenters. The molecule has 90 valence electrons. The summed E-state index contributed by atoms with van der Waals surface area (Å²) in [6.45, 7) is 11.0. The average Bonchev–Trinajstić information content (AvgIpc) is 2.17. The van der Waals surface area contributed by atoms with Gasteiger partial charge in [0, 0.05) is 12.6 Å². The van der Waals surface area contributed by atoms with E-state index in [-0.39, 0.29) is 0 Å². The van der Waals surface area contributed by atoms with Gasteiger partial charge >= 0.3 is 0 Å². The highest BCUT2D eigenvalue weighted by atomic mass is 16.5. The average molecular weight is 213 g/mol. The van der Waals surface area contributed by atoms with Crippen LogP contribution in [0.25, 0.3) is 0 Å². The van der Waals surface area contributed by atoms with Crippen LogP contribution >= 0.6 is 0 Å². The van der Waals surface area contributed by atoms with E-state index in [0.717, 1.165) is 25.5 Å². The van der Waals surface area contributed by atoms with E-state index in [4.69, 9.17) is 4.74 Å². The van der Waals surface area contributed by atoms with Crippen molar-refractivity contribution in [2.45, 2.75) is 59.1 Å². The third-order valence-corrected chi connectivity index (χ3v) is 3.37. The largest absolute Gasteiger partial charge is 0.376 e. The molecule has 0 spiro atoms. The van der Waals surface area contributed by atoms with Crippen molar-refractivity contribution in [1.29, 1.82) is 0 Å². The minimum atomic E-state index is 0.432. The zero-order valence-electron chi connectivity index (χ0n) is 10.8. The maximum atomic E-state index is 6.00. The van der Waals surface area contributed by atoms with Gasteiger partial charge in [-0.2, -0.15) is 0 Å². The number of ether oxygens (including phenoxy) is 1. The molecule has 0 saturated heterocycles. The van der Waals surface area contributed by atoms with E-state index < -0.39 is 0 Å². The Morgan fingerprint density at radius 1 is 1.20 bits per heavy atom. The lowest BCUT2D eigenvalue weighted by Crippen LogP contribution is -2.49. The fraction of sp³-hybridized carbons (Fsp3) is 1.00. The molecule has 4 unspecified atom stereocenters. The summed E-state index contributed by atoms with van der Waals surface area (Å²) >= 11 is 0. The normalized spacial score (nSPS) is 36.8. The monoisotopic (exact) mass is 213 g/mol. The minimum Gasteiger partial charge on any atom is -0.376 e. The van der Waals surface area contributed by atoms with Crippen LogP contribution in [-0.2, 0) is 4.74 Å². The molecule has 0 aromatic carbocycles. The second-order valence-corrected chi connectivity index (χ2v) is 5.05. The molecule has 1 rings (SSSR count). The molecule has 2 heteroatoms. The molecule has 1 saturated carbocycles. The van der Waals surface area contributed by atoms with Crippen LogP contribution in [0.5, 0.6) is 0 Å². The standard InChI is InChI=1S/C13H27NO/c1-5-7-15-13-11(4)8-10(3)9-12(13)14-6-2/h10-14H,5-9H2,1-4H3. The van der Waals surface area contributed by atoms with E-state index in [1.54, 1.807) is 0 Å². The SMILES string of the molecule is CCCOC1C(C)CC(C)CC1NCC. The first-order valence-corrected chi connectivity index (χ1v) is 6.54. The van der Waals surface area contributed by atoms with E-state index in [1.165, 1.54) is 12.8 Å². The molecule has 0 aromatic heterocycles. The summed E-state index contributed by atoms with van der Waals surface area (Å²) in [7, 11) is 0. The minimum absolute atomic E-state index is 0.432. The molecule has 1 aliphatic rings. The Balaban J connectivity index is 2.51. The number of rotatable bonds is 5. The first-order chi connectivity index (χ1) is 7.19. The van der Waals surface area contributed by atoms with Gasteiger partial charge in [0.15, 0.2) is 0 Å². The highest BCUT2D eigenvalue weighted by molar-refractivity contribution is 4.88. The Morgan fingerprint density at radius 3 is 2.53 bits per heavy atom. The zero-order chi connectivity index (χ0) is 11.3. The van der Waals surface area contributed by atoms with Crippen LogP contribution in [-0.4, -0.2) is 25.3 Å². The fourth-order valence-electron chi connectivity index (χ4n) is 2.83. The van der Waals surface area contributed by atoms with Gasteiger partial charge in [-0.05, 0) is 37.6 Å². The van der Waals surface area contributed by atoms with Crippen LogP contribution in [0.1, 0.15) is 47.0 Å². The lowest BCUT2D eigenvalue weighted by atomic mass is 9.78. The lowest BCUT2D eigenvalue weighted by Gasteiger charge is -2.39. The zero-order valence-corrected chi connectivity index (χ0v) is 10.8. The number of hydrogen-bond acceptors (Lipinski definition) is 2. The van der Waals surface area contributed by atoms with Crippen LogP contribution in [0.2, 0.25) is 0 Å². The number of nitrogens with one attached hydrogen (secondary N) is 1. The molecule has 0 aliphatic heterocycles. The summed E-state index contributed by atoms with van der Waals surface area (Å²) in [5.74, 6) is 1.54. The van der Waals surface area contributed by atoms with E-state index in [1.807, 2.05) is 0 Å². The summed E-state index contributed by atoms with van der Waals surface area (Å²) < 4.78 is 6.00. The summed E-state index contributed by atoms with van der Waals surface area (Å²) in [6, 6.07) is 0.570. The predicted octanol–water partition coefficient (Wildman–Crippen LogP) is 2.83. The Labute approximate surface area is 94.8 Å². The highest BCUT2D eigenvalue weighted by Crippen LogP contribution is 2.31. The molecule has 1 aliphatic carbocycles. The molecule has 0 radical (unpaired) electrons. The topological polar surface area (TPSA) is 21.3 Å². The molecule has 15 heavy (non-hydrogen) atoms. The van der Waals surface area contributed by atoms with Gasteiger partial charge in [-0.1, -0.05) is 27.7 Å². The predicted molar refractivity (Wildman–Crippen MR) is 65.1 cm³/mol. The van der Waals surface area contributed by atoms with E-state index >= 15 is 0 Å². The lowest BCUT2D eigenvalue weighted by molar-refractivity contribution is -0.0370. The molecule has 0 bridgehead atoms. The number of hydrogen-bond donors (Lipinski definition) is 1. The summed E-state index contributed by atoms with van der Waals surface area (Å²) in [5, 5.41) is 3.58. The molecule has 2 nitrogen and oxygen atoms in total. The van der Waals surface area contributed by atoms with Gasteiger partial charge in [-0.3, -0.25) is 0 Å². The second kappa shape index (κ2) is 6.49. The Kier molecular flexibility index (Phi) is 5.62. The van der Waals surface area contributed by atoms with E-state index in [2.05, 4.69) is 33.0 Å². The molecule has 0 aromatic rings. The van der Waals surface area contributed by atoms with Gasteiger partial charge < -0.3 is 10.1 Å². The first kappa shape index (κ1) is 13.0. The molecule has 0 amide bonds. The van der Waals surface area contributed by atoms with Crippen molar-refractivity contribution < 1.29 is 4.74 Å². The molecular weight excluding hydrogens is 186 g/mol. The Hall–Kier alpha value is -0.0800. The van der Waals surface area contributed by atoms with Gasteiger partial charge in [0.05, 0.1) is 6.10 Å². The summed E-state index contributed by atoms with van der Waals surface area (Å²) in [6.07, 6.45) is 4.14. The third-order valence-electron chi connectivity index (χ3n) is 3.37. The van der Waals surface area contributed by atoms with Crippen LogP contribution in [0.3, 0.4) is 0 Å². The Bertz CT molecular complexity index is 172. The van der Waals surface area contributed by atoms with E-state index in [9.17, 15) is 0 Å².